The van der Waals surface area contributed by atoms with Crippen molar-refractivity contribution in [2.45, 2.75) is 49.6 Å². The molecular formula is C17H22N2O2S. The molecule has 1 aliphatic heterocycles. The van der Waals surface area contributed by atoms with E-state index in [4.69, 9.17) is 0 Å². The maximum absolute atomic E-state index is 12.8. The van der Waals surface area contributed by atoms with Crippen molar-refractivity contribution in [3.8, 4) is 0 Å². The van der Waals surface area contributed by atoms with Crippen LogP contribution in [0, 0.1) is 5.92 Å². The number of nitrogens with zero attached hydrogens (tertiary/aromatic N) is 1. The molecule has 3 amide bonds. The van der Waals surface area contributed by atoms with Gasteiger partial charge in [0.2, 0.25) is 0 Å². The van der Waals surface area contributed by atoms with E-state index in [0.29, 0.717) is 12.5 Å². The molecule has 0 unspecified atom stereocenters. The molecule has 2 fully saturated rings. The lowest BCUT2D eigenvalue weighted by Gasteiger charge is -2.33. The minimum absolute atomic E-state index is 0.0432. The first-order valence-corrected chi connectivity index (χ1v) is 9.03. The molecule has 118 valence electrons. The Morgan fingerprint density at radius 3 is 2.45 bits per heavy atom. The lowest BCUT2D eigenvalue weighted by molar-refractivity contribution is -0.133. The number of nitrogens with one attached hydrogen (secondary N) is 1. The van der Waals surface area contributed by atoms with Gasteiger partial charge in [-0.15, -0.1) is 11.8 Å². The number of carbonyl (C=O) groups excluding carboxylic acids is 2. The van der Waals surface area contributed by atoms with Gasteiger partial charge < -0.3 is 5.32 Å². The Bertz CT molecular complexity index is 577. The molecule has 2 aliphatic rings. The highest BCUT2D eigenvalue weighted by Crippen LogP contribution is 2.36. The molecule has 1 saturated heterocycles. The van der Waals surface area contributed by atoms with E-state index in [1.165, 1.54) is 9.80 Å². The average Bonchev–Trinajstić information content (AvgIpc) is 2.76. The highest BCUT2D eigenvalue weighted by molar-refractivity contribution is 7.98. The van der Waals surface area contributed by atoms with Crippen LogP contribution in [0.25, 0.3) is 0 Å². The smallest absolute Gasteiger partial charge is 0.323 e. The Morgan fingerprint density at radius 2 is 1.86 bits per heavy atom. The van der Waals surface area contributed by atoms with Gasteiger partial charge in [-0.05, 0) is 55.6 Å². The largest absolute Gasteiger partial charge is 0.325 e. The zero-order valence-corrected chi connectivity index (χ0v) is 13.9. The van der Waals surface area contributed by atoms with Crippen LogP contribution in [0.1, 0.15) is 38.2 Å². The van der Waals surface area contributed by atoms with Gasteiger partial charge in [-0.1, -0.05) is 19.1 Å². The first kappa shape index (κ1) is 15.4. The average molecular weight is 318 g/mol. The van der Waals surface area contributed by atoms with Crippen LogP contribution in [0.3, 0.4) is 0 Å². The molecule has 0 bridgehead atoms. The second kappa shape index (κ2) is 5.95. The van der Waals surface area contributed by atoms with Gasteiger partial charge in [0.05, 0.1) is 6.54 Å². The van der Waals surface area contributed by atoms with Crippen LogP contribution >= 0.6 is 11.8 Å². The molecular weight excluding hydrogens is 296 g/mol. The van der Waals surface area contributed by atoms with Gasteiger partial charge in [0.15, 0.2) is 0 Å². The number of amides is 3. The van der Waals surface area contributed by atoms with E-state index in [1.54, 1.807) is 11.8 Å². The predicted molar refractivity (Wildman–Crippen MR) is 87.7 cm³/mol. The molecule has 1 spiro atoms. The van der Waals surface area contributed by atoms with E-state index in [9.17, 15) is 9.59 Å². The molecule has 1 heterocycles. The number of hydrogen-bond acceptors (Lipinski definition) is 3. The molecule has 1 aromatic rings. The van der Waals surface area contributed by atoms with E-state index in [-0.39, 0.29) is 11.9 Å². The van der Waals surface area contributed by atoms with E-state index in [1.807, 2.05) is 30.5 Å². The van der Waals surface area contributed by atoms with Gasteiger partial charge in [-0.2, -0.15) is 0 Å². The van der Waals surface area contributed by atoms with Crippen molar-refractivity contribution in [1.82, 2.24) is 10.2 Å². The highest BCUT2D eigenvalue weighted by atomic mass is 32.2. The fraction of sp³-hybridized carbons (Fsp3) is 0.529. The molecule has 1 saturated carbocycles. The summed E-state index contributed by atoms with van der Waals surface area (Å²) in [5.74, 6) is 0.599. The molecule has 5 heteroatoms. The van der Waals surface area contributed by atoms with Crippen LogP contribution in [-0.4, -0.2) is 28.6 Å². The maximum Gasteiger partial charge on any atom is 0.325 e. The second-order valence-corrected chi connectivity index (χ2v) is 7.31. The van der Waals surface area contributed by atoms with Crippen molar-refractivity contribution in [2.75, 3.05) is 6.26 Å². The third-order valence-electron chi connectivity index (χ3n) is 4.87. The Hall–Kier alpha value is -1.49. The van der Waals surface area contributed by atoms with Crippen LogP contribution in [-0.2, 0) is 11.3 Å². The topological polar surface area (TPSA) is 49.4 Å². The normalized spacial score (nSPS) is 28.3. The van der Waals surface area contributed by atoms with E-state index in [0.717, 1.165) is 31.2 Å². The lowest BCUT2D eigenvalue weighted by Crippen LogP contribution is -2.49. The second-order valence-electron chi connectivity index (χ2n) is 6.43. The number of thioether (sulfide) groups is 1. The fourth-order valence-corrected chi connectivity index (χ4v) is 3.74. The van der Waals surface area contributed by atoms with Crippen molar-refractivity contribution in [3.05, 3.63) is 29.8 Å². The zero-order chi connectivity index (χ0) is 15.7. The molecule has 0 atom stereocenters. The van der Waals surface area contributed by atoms with Gasteiger partial charge in [-0.3, -0.25) is 9.69 Å². The Labute approximate surface area is 135 Å². The zero-order valence-electron chi connectivity index (χ0n) is 13.1. The van der Waals surface area contributed by atoms with Crippen LogP contribution < -0.4 is 5.32 Å². The number of urea groups is 1. The minimum Gasteiger partial charge on any atom is -0.323 e. The van der Waals surface area contributed by atoms with Crippen molar-refractivity contribution in [2.24, 2.45) is 5.92 Å². The Morgan fingerprint density at radius 1 is 1.23 bits per heavy atom. The summed E-state index contributed by atoms with van der Waals surface area (Å²) in [4.78, 5) is 27.6. The number of rotatable bonds is 3. The van der Waals surface area contributed by atoms with Gasteiger partial charge >= 0.3 is 6.03 Å². The number of imide groups is 1. The Balaban J connectivity index is 1.74. The van der Waals surface area contributed by atoms with Crippen molar-refractivity contribution >= 4 is 23.7 Å². The first-order chi connectivity index (χ1) is 10.5. The lowest BCUT2D eigenvalue weighted by atomic mass is 9.77. The van der Waals surface area contributed by atoms with E-state index >= 15 is 0 Å². The van der Waals surface area contributed by atoms with Crippen LogP contribution in [0.15, 0.2) is 29.2 Å². The van der Waals surface area contributed by atoms with Gasteiger partial charge in [0.1, 0.15) is 5.54 Å². The highest BCUT2D eigenvalue weighted by Gasteiger charge is 2.51. The predicted octanol–water partition coefficient (Wildman–Crippen LogP) is 3.41. The summed E-state index contributed by atoms with van der Waals surface area (Å²) in [5.41, 5.74) is 0.352. The molecule has 0 radical (unpaired) electrons. The van der Waals surface area contributed by atoms with E-state index < -0.39 is 5.54 Å². The number of hydrogen-bond donors (Lipinski definition) is 1. The quantitative estimate of drug-likeness (QED) is 0.686. The fourth-order valence-electron chi connectivity index (χ4n) is 3.33. The SMILES string of the molecule is CSc1ccc(CN2C(=O)NC3(CCC(C)CC3)C2=O)cc1. The number of benzene rings is 1. The van der Waals surface area contributed by atoms with E-state index in [2.05, 4.69) is 12.2 Å². The molecule has 22 heavy (non-hydrogen) atoms. The van der Waals surface area contributed by atoms with Crippen molar-refractivity contribution in [1.29, 1.82) is 0 Å². The third-order valence-corrected chi connectivity index (χ3v) is 5.62. The number of carbonyl (C=O) groups is 2. The molecule has 0 aromatic heterocycles. The van der Waals surface area contributed by atoms with Gasteiger partial charge in [-0.25, -0.2) is 4.79 Å². The molecule has 1 aromatic carbocycles. The standard InChI is InChI=1S/C17H22N2O2S/c1-12-7-9-17(10-8-12)15(20)19(16(21)18-17)11-13-3-5-14(22-2)6-4-13/h3-6,12H,7-11H2,1-2H3,(H,18,21). The summed E-state index contributed by atoms with van der Waals surface area (Å²) < 4.78 is 0. The summed E-state index contributed by atoms with van der Waals surface area (Å²) in [6.45, 7) is 2.57. The molecule has 3 rings (SSSR count). The molecule has 1 N–H and O–H groups in total. The van der Waals surface area contributed by atoms with Gasteiger partial charge in [0.25, 0.3) is 5.91 Å². The van der Waals surface area contributed by atoms with Crippen molar-refractivity contribution < 1.29 is 9.59 Å². The van der Waals surface area contributed by atoms with Gasteiger partial charge in [0, 0.05) is 4.90 Å². The summed E-state index contributed by atoms with van der Waals surface area (Å²) in [5, 5.41) is 2.97. The van der Waals surface area contributed by atoms with Crippen molar-refractivity contribution in [3.63, 3.8) is 0 Å². The summed E-state index contributed by atoms with van der Waals surface area (Å²) in [6, 6.07) is 7.78. The summed E-state index contributed by atoms with van der Waals surface area (Å²) >= 11 is 1.68. The maximum atomic E-state index is 12.8. The molecule has 1 aliphatic carbocycles. The van der Waals surface area contributed by atoms with Crippen LogP contribution in [0.2, 0.25) is 0 Å². The van der Waals surface area contributed by atoms with Crippen LogP contribution in [0.4, 0.5) is 4.79 Å². The third kappa shape index (κ3) is 2.74. The van der Waals surface area contributed by atoms with Crippen LogP contribution in [0.5, 0.6) is 0 Å². The first-order valence-electron chi connectivity index (χ1n) is 7.81. The molecule has 4 nitrogen and oxygen atoms in total. The summed E-state index contributed by atoms with van der Waals surface area (Å²) in [6.07, 6.45) is 5.56. The summed E-state index contributed by atoms with van der Waals surface area (Å²) in [7, 11) is 0. The monoisotopic (exact) mass is 318 g/mol. The Kier molecular flexibility index (Phi) is 4.17. The minimum atomic E-state index is -0.636.